The van der Waals surface area contributed by atoms with Gasteiger partial charge in [-0.05, 0) is 50.8 Å². The molecule has 2 aliphatic rings. The molecule has 5 rings (SSSR count). The molecule has 0 bridgehead atoms. The number of benzene rings is 1. The Kier molecular flexibility index (Phi) is 9.40. The Balaban J connectivity index is 0.000000541. The Labute approximate surface area is 250 Å². The normalized spacial score (nSPS) is 23.2. The zero-order valence-electron chi connectivity index (χ0n) is 23.6. The van der Waals surface area contributed by atoms with E-state index in [2.05, 4.69) is 15.3 Å². The molecule has 1 amide bonds. The first-order valence-electron chi connectivity index (χ1n) is 13.4. The number of carboxylic acids is 1. The molecule has 11 nitrogen and oxygen atoms in total. The Morgan fingerprint density at radius 3 is 2.60 bits per heavy atom. The van der Waals surface area contributed by atoms with Crippen LogP contribution in [0.3, 0.4) is 0 Å². The first-order chi connectivity index (χ1) is 20.2. The fraction of sp³-hybridized carbons (Fsp3) is 0.429. The molecule has 0 radical (unpaired) electrons. The summed E-state index contributed by atoms with van der Waals surface area (Å²) in [5.74, 6) is -2.58. The molecule has 0 aliphatic carbocycles. The zero-order chi connectivity index (χ0) is 31.5. The fourth-order valence-electron chi connectivity index (χ4n) is 5.12. The zero-order valence-corrected chi connectivity index (χ0v) is 24.4. The summed E-state index contributed by atoms with van der Waals surface area (Å²) in [4.78, 5) is 32.9. The second-order valence-electron chi connectivity index (χ2n) is 10.6. The summed E-state index contributed by atoms with van der Waals surface area (Å²) in [6, 6.07) is 9.53. The van der Waals surface area contributed by atoms with Crippen molar-refractivity contribution in [1.82, 2.24) is 24.9 Å². The van der Waals surface area contributed by atoms with Crippen molar-refractivity contribution in [3.63, 3.8) is 0 Å². The molecule has 1 aromatic carbocycles. The number of amides is 1. The summed E-state index contributed by atoms with van der Waals surface area (Å²) in [5.41, 5.74) is 8.62. The Bertz CT molecular complexity index is 1500. The van der Waals surface area contributed by atoms with Crippen LogP contribution in [0.4, 0.5) is 13.2 Å². The summed E-state index contributed by atoms with van der Waals surface area (Å²) in [6.07, 6.45) is 2.07. The topological polar surface area (TPSA) is 149 Å². The molecular formula is C28H31ClF3N7O4. The minimum Gasteiger partial charge on any atom is -0.475 e. The molecule has 15 heteroatoms. The van der Waals surface area contributed by atoms with E-state index in [1.54, 1.807) is 15.8 Å². The fourth-order valence-corrected chi connectivity index (χ4v) is 5.55. The van der Waals surface area contributed by atoms with E-state index in [0.29, 0.717) is 17.3 Å². The molecule has 0 unspecified atom stereocenters. The highest BCUT2D eigenvalue weighted by Gasteiger charge is 2.42. The van der Waals surface area contributed by atoms with Crippen LogP contribution >= 0.6 is 11.6 Å². The van der Waals surface area contributed by atoms with Gasteiger partial charge >= 0.3 is 12.1 Å². The molecule has 4 heterocycles. The van der Waals surface area contributed by atoms with Gasteiger partial charge in [-0.3, -0.25) is 14.7 Å². The Hall–Kier alpha value is -4.04. The summed E-state index contributed by atoms with van der Waals surface area (Å²) in [7, 11) is 0. The second kappa shape index (κ2) is 12.7. The van der Waals surface area contributed by atoms with Gasteiger partial charge in [-0.2, -0.15) is 13.2 Å². The molecule has 3 aromatic rings. The number of aliphatic carboxylic acids is 1. The molecule has 0 saturated carbocycles. The van der Waals surface area contributed by atoms with Crippen LogP contribution in [0.5, 0.6) is 0 Å². The molecule has 3 N–H and O–H groups in total. The number of pyridine rings is 1. The number of carbonyl (C=O) groups is 2. The largest absolute Gasteiger partial charge is 0.490 e. The minimum absolute atomic E-state index is 0.00630. The summed E-state index contributed by atoms with van der Waals surface area (Å²) in [5, 5.41) is 16.3. The highest BCUT2D eigenvalue weighted by Crippen LogP contribution is 2.41. The number of aromatic nitrogens is 4. The molecular weight excluding hydrogens is 591 g/mol. The molecule has 2 aliphatic heterocycles. The van der Waals surface area contributed by atoms with Crippen molar-refractivity contribution in [3.8, 4) is 11.3 Å². The average molecular weight is 622 g/mol. The van der Waals surface area contributed by atoms with Gasteiger partial charge in [0.15, 0.2) is 5.96 Å². The summed E-state index contributed by atoms with van der Waals surface area (Å²) < 4.78 is 39.2. The number of carboxylic acid groups (broad SMARTS) is 1. The van der Waals surface area contributed by atoms with E-state index >= 15 is 0 Å². The third kappa shape index (κ3) is 7.13. The van der Waals surface area contributed by atoms with Crippen molar-refractivity contribution < 1.29 is 32.6 Å². The van der Waals surface area contributed by atoms with E-state index in [1.165, 1.54) is 0 Å². The van der Waals surface area contributed by atoms with Crippen LogP contribution < -0.4 is 5.73 Å². The molecule has 1 saturated heterocycles. The number of aliphatic imine (C=N–C) groups is 1. The van der Waals surface area contributed by atoms with Crippen LogP contribution in [0, 0.1) is 0 Å². The van der Waals surface area contributed by atoms with Crippen molar-refractivity contribution in [3.05, 3.63) is 65.1 Å². The molecule has 43 heavy (non-hydrogen) atoms. The van der Waals surface area contributed by atoms with Crippen LogP contribution in [-0.2, 0) is 19.9 Å². The lowest BCUT2D eigenvalue weighted by Gasteiger charge is -2.41. The SMILES string of the molecule is C[C@H]1C[C@@H](N2C(=O)C[C@@](C)(c3cccc(-c4cn([C@@H](C)c5cccnc5)nn4)c3Cl)N=C2N)CCO1.O=C(O)C(F)(F)F. The van der Waals surface area contributed by atoms with Gasteiger partial charge in [0.2, 0.25) is 5.91 Å². The van der Waals surface area contributed by atoms with Crippen LogP contribution in [0.1, 0.15) is 57.2 Å². The van der Waals surface area contributed by atoms with Crippen molar-refractivity contribution in [1.29, 1.82) is 0 Å². The van der Waals surface area contributed by atoms with E-state index in [4.69, 9.17) is 37.0 Å². The standard InChI is InChI=1S/C26H30ClN7O2.C2HF3O2/c1-16-12-19(9-11-36-16)34-23(35)13-26(3,30-25(34)28)21-8-4-7-20(24(21)27)22-15-33(32-31-22)17(2)18-6-5-10-29-14-18;3-2(4,5)1(6)7/h4-8,10,14-17,19H,9,11-13H2,1-3H3,(H2,28,30);(H,6,7)/t16-,17-,19-,26-;/m0./s1. The number of hydrogen-bond donors (Lipinski definition) is 2. The summed E-state index contributed by atoms with van der Waals surface area (Å²) >= 11 is 6.93. The number of ether oxygens (including phenoxy) is 1. The van der Waals surface area contributed by atoms with Gasteiger partial charge in [-0.25, -0.2) is 14.5 Å². The molecule has 0 spiro atoms. The quantitative estimate of drug-likeness (QED) is 0.421. The first-order valence-corrected chi connectivity index (χ1v) is 13.8. The highest BCUT2D eigenvalue weighted by molar-refractivity contribution is 6.34. The lowest BCUT2D eigenvalue weighted by atomic mass is 9.85. The van der Waals surface area contributed by atoms with Crippen LogP contribution in [0.2, 0.25) is 5.02 Å². The molecule has 230 valence electrons. The van der Waals surface area contributed by atoms with Crippen molar-refractivity contribution in [2.75, 3.05) is 6.61 Å². The Morgan fingerprint density at radius 2 is 2.00 bits per heavy atom. The van der Waals surface area contributed by atoms with E-state index in [-0.39, 0.29) is 36.5 Å². The lowest BCUT2D eigenvalue weighted by Crippen LogP contribution is -2.56. The van der Waals surface area contributed by atoms with E-state index < -0.39 is 17.7 Å². The number of hydrogen-bond acceptors (Lipinski definition) is 8. The van der Waals surface area contributed by atoms with E-state index in [1.807, 2.05) is 63.5 Å². The number of nitrogens with zero attached hydrogens (tertiary/aromatic N) is 6. The van der Waals surface area contributed by atoms with Crippen molar-refractivity contribution in [2.24, 2.45) is 10.7 Å². The number of guanidine groups is 1. The predicted octanol–water partition coefficient (Wildman–Crippen LogP) is 4.57. The first kappa shape index (κ1) is 31.9. The van der Waals surface area contributed by atoms with Gasteiger partial charge < -0.3 is 15.6 Å². The van der Waals surface area contributed by atoms with Crippen LogP contribution in [-0.4, -0.2) is 72.7 Å². The van der Waals surface area contributed by atoms with Gasteiger partial charge in [-0.1, -0.05) is 41.1 Å². The maximum absolute atomic E-state index is 13.3. The van der Waals surface area contributed by atoms with Crippen molar-refractivity contribution >= 4 is 29.4 Å². The lowest BCUT2D eigenvalue weighted by molar-refractivity contribution is -0.192. The Morgan fingerprint density at radius 1 is 1.28 bits per heavy atom. The van der Waals surface area contributed by atoms with Gasteiger partial charge in [0.25, 0.3) is 0 Å². The van der Waals surface area contributed by atoms with Gasteiger partial charge in [0.1, 0.15) is 5.69 Å². The van der Waals surface area contributed by atoms with Gasteiger partial charge in [-0.15, -0.1) is 5.10 Å². The monoisotopic (exact) mass is 621 g/mol. The van der Waals surface area contributed by atoms with E-state index in [0.717, 1.165) is 29.5 Å². The number of halogens is 4. The summed E-state index contributed by atoms with van der Waals surface area (Å²) in [6.45, 7) is 6.55. The third-order valence-corrected chi connectivity index (χ3v) is 7.77. The van der Waals surface area contributed by atoms with Crippen LogP contribution in [0.15, 0.2) is 53.9 Å². The maximum atomic E-state index is 13.3. The molecule has 1 fully saturated rings. The maximum Gasteiger partial charge on any atom is 0.490 e. The molecule has 2 aromatic heterocycles. The van der Waals surface area contributed by atoms with E-state index in [9.17, 15) is 18.0 Å². The molecule has 4 atom stereocenters. The average Bonchev–Trinajstić information content (AvgIpc) is 3.43. The number of carbonyl (C=O) groups excluding carboxylic acids is 1. The van der Waals surface area contributed by atoms with Crippen LogP contribution in [0.25, 0.3) is 11.3 Å². The number of alkyl halides is 3. The second-order valence-corrected chi connectivity index (χ2v) is 10.9. The van der Waals surface area contributed by atoms with Gasteiger partial charge in [0, 0.05) is 30.6 Å². The van der Waals surface area contributed by atoms with Gasteiger partial charge in [0.05, 0.1) is 35.3 Å². The number of nitrogens with two attached hydrogens (primary N) is 1. The highest BCUT2D eigenvalue weighted by atomic mass is 35.5. The van der Waals surface area contributed by atoms with Crippen molar-refractivity contribution in [2.45, 2.75) is 69.9 Å². The smallest absolute Gasteiger partial charge is 0.475 e. The predicted molar refractivity (Wildman–Crippen MR) is 151 cm³/mol. The minimum atomic E-state index is -5.08. The third-order valence-electron chi connectivity index (χ3n) is 7.37. The number of rotatable bonds is 5.